The number of rotatable bonds is 7. The normalized spacial score (nSPS) is 12.5. The Morgan fingerprint density at radius 1 is 1.38 bits per heavy atom. The maximum Gasteiger partial charge on any atom is 0.275 e. The van der Waals surface area contributed by atoms with E-state index in [0.29, 0.717) is 22.3 Å². The van der Waals surface area contributed by atoms with E-state index in [0.717, 1.165) is 16.3 Å². The summed E-state index contributed by atoms with van der Waals surface area (Å²) in [6.07, 6.45) is 0. The van der Waals surface area contributed by atoms with Crippen LogP contribution in [0, 0.1) is 3.95 Å². The van der Waals surface area contributed by atoms with E-state index >= 15 is 0 Å². The van der Waals surface area contributed by atoms with Crippen LogP contribution in [0.15, 0.2) is 24.3 Å². The maximum atomic E-state index is 12.0. The van der Waals surface area contributed by atoms with Crippen LogP contribution >= 0.6 is 23.6 Å². The van der Waals surface area contributed by atoms with Crippen molar-refractivity contribution >= 4 is 40.3 Å². The number of carbonyl (C=O) groups excluding carboxylic acids is 1. The highest BCUT2D eigenvalue weighted by molar-refractivity contribution is 7.73. The number of aromatic nitrogens is 2. The summed E-state index contributed by atoms with van der Waals surface area (Å²) in [6, 6.07) is 7.63. The van der Waals surface area contributed by atoms with Gasteiger partial charge in [0.05, 0.1) is 19.8 Å². The molecule has 0 saturated heterocycles. The van der Waals surface area contributed by atoms with Crippen LogP contribution in [0.2, 0.25) is 0 Å². The molecule has 0 aliphatic heterocycles. The van der Waals surface area contributed by atoms with Crippen molar-refractivity contribution in [2.24, 2.45) is 0 Å². The van der Waals surface area contributed by atoms with Crippen molar-refractivity contribution < 1.29 is 14.4 Å². The molecule has 26 heavy (non-hydrogen) atoms. The number of hydrogen-bond donors (Lipinski definition) is 3. The fraction of sp³-hybridized carbons (Fsp3) is 0.471. The molecule has 142 valence electrons. The molecular formula is C17H26N5O2S2+. The predicted octanol–water partition coefficient (Wildman–Crippen LogP) is 1.81. The Bertz CT molecular complexity index is 810. The topological polar surface area (TPSA) is 72.6 Å². The molecule has 0 aliphatic rings. The second-order valence-corrected chi connectivity index (χ2v) is 8.71. The summed E-state index contributed by atoms with van der Waals surface area (Å²) in [7, 11) is 3.57. The van der Waals surface area contributed by atoms with Crippen molar-refractivity contribution in [1.82, 2.24) is 15.1 Å². The van der Waals surface area contributed by atoms with Gasteiger partial charge in [0.15, 0.2) is 17.2 Å². The van der Waals surface area contributed by atoms with Crippen LogP contribution in [0.5, 0.6) is 5.75 Å². The first-order valence-electron chi connectivity index (χ1n) is 8.28. The first-order valence-corrected chi connectivity index (χ1v) is 9.51. The quantitative estimate of drug-likeness (QED) is 0.623. The molecule has 1 heterocycles. The Morgan fingerprint density at radius 3 is 2.73 bits per heavy atom. The number of carbonyl (C=O) groups is 1. The Morgan fingerprint density at radius 2 is 2.08 bits per heavy atom. The fourth-order valence-electron chi connectivity index (χ4n) is 2.37. The van der Waals surface area contributed by atoms with Crippen molar-refractivity contribution in [3.63, 3.8) is 0 Å². The molecular weight excluding hydrogens is 370 g/mol. The monoisotopic (exact) mass is 396 g/mol. The predicted molar refractivity (Wildman–Crippen MR) is 107 cm³/mol. The lowest BCUT2D eigenvalue weighted by Crippen LogP contribution is -3.09. The van der Waals surface area contributed by atoms with Gasteiger partial charge >= 0.3 is 0 Å². The molecule has 1 atom stereocenters. The van der Waals surface area contributed by atoms with Crippen molar-refractivity contribution in [2.75, 3.05) is 26.0 Å². The molecule has 0 fully saturated rings. The third kappa shape index (κ3) is 6.08. The number of likely N-dealkylation sites (N-methyl/N-ethyl adjacent to an activating group) is 1. The highest BCUT2D eigenvalue weighted by Gasteiger charge is 2.18. The van der Waals surface area contributed by atoms with Crippen LogP contribution in [0.1, 0.15) is 20.8 Å². The molecule has 1 aromatic heterocycles. The lowest BCUT2D eigenvalue weighted by molar-refractivity contribution is -0.895. The number of methoxy groups -OCH3 is 1. The lowest BCUT2D eigenvalue weighted by atomic mass is 10.1. The zero-order valence-corrected chi connectivity index (χ0v) is 17.4. The second-order valence-electron chi connectivity index (χ2n) is 7.09. The standard InChI is InChI=1S/C17H25N5O2S2/c1-17(2,3)19-14(23)10-21(4)11-22-16(25)26-15(20-22)18-12-8-6-7-9-13(12)24-5/h6-9H,10-11H2,1-5H3,(H,18,20)(H,19,23)/p+1. The molecule has 0 saturated carbocycles. The van der Waals surface area contributed by atoms with E-state index in [1.165, 1.54) is 11.3 Å². The molecule has 0 bridgehead atoms. The smallest absolute Gasteiger partial charge is 0.275 e. The van der Waals surface area contributed by atoms with Crippen molar-refractivity contribution in [1.29, 1.82) is 0 Å². The van der Waals surface area contributed by atoms with E-state index < -0.39 is 0 Å². The first kappa shape index (κ1) is 20.3. The maximum absolute atomic E-state index is 12.0. The largest absolute Gasteiger partial charge is 0.495 e. The first-order chi connectivity index (χ1) is 12.2. The minimum Gasteiger partial charge on any atom is -0.495 e. The number of nitrogens with zero attached hydrogens (tertiary/aromatic N) is 2. The number of anilines is 2. The highest BCUT2D eigenvalue weighted by atomic mass is 32.1. The van der Waals surface area contributed by atoms with Gasteiger partial charge in [-0.3, -0.25) is 4.79 Å². The van der Waals surface area contributed by atoms with Gasteiger partial charge in [-0.25, -0.2) is 0 Å². The number of quaternary nitrogens is 1. The lowest BCUT2D eigenvalue weighted by Gasteiger charge is -2.21. The summed E-state index contributed by atoms with van der Waals surface area (Å²) in [5, 5.41) is 11.4. The SMILES string of the molecule is COc1ccccc1Nc1nn(C[NH+](C)CC(=O)NC(C)(C)C)c(=S)s1. The van der Waals surface area contributed by atoms with Gasteiger partial charge in [-0.15, -0.1) is 5.10 Å². The van der Waals surface area contributed by atoms with Gasteiger partial charge in [0, 0.05) is 5.54 Å². The number of amides is 1. The average Bonchev–Trinajstić information content (AvgIpc) is 2.85. The highest BCUT2D eigenvalue weighted by Crippen LogP contribution is 2.28. The molecule has 2 rings (SSSR count). The molecule has 7 nitrogen and oxygen atoms in total. The molecule has 1 unspecified atom stereocenters. The fourth-order valence-corrected chi connectivity index (χ4v) is 3.39. The van der Waals surface area contributed by atoms with Gasteiger partial charge in [0.1, 0.15) is 5.75 Å². The molecule has 2 aromatic rings. The summed E-state index contributed by atoms with van der Waals surface area (Å²) in [5.41, 5.74) is 0.594. The summed E-state index contributed by atoms with van der Waals surface area (Å²) in [5.74, 6) is 0.742. The Labute approximate surface area is 163 Å². The molecule has 0 spiro atoms. The van der Waals surface area contributed by atoms with E-state index in [4.69, 9.17) is 17.0 Å². The van der Waals surface area contributed by atoms with Crippen LogP contribution in [-0.4, -0.2) is 41.9 Å². The summed E-state index contributed by atoms with van der Waals surface area (Å²) >= 11 is 6.79. The number of benzene rings is 1. The number of nitrogens with one attached hydrogen (secondary N) is 3. The summed E-state index contributed by atoms with van der Waals surface area (Å²) in [4.78, 5) is 13.0. The van der Waals surface area contributed by atoms with Gasteiger partial charge in [0.25, 0.3) is 5.91 Å². The van der Waals surface area contributed by atoms with Crippen LogP contribution in [0.4, 0.5) is 10.8 Å². The molecule has 1 amide bonds. The number of para-hydroxylation sites is 2. The molecule has 3 N–H and O–H groups in total. The molecule has 9 heteroatoms. The molecule has 0 aliphatic carbocycles. The minimum absolute atomic E-state index is 0.00381. The Hall–Kier alpha value is -1.97. The van der Waals surface area contributed by atoms with Gasteiger partial charge < -0.3 is 20.3 Å². The van der Waals surface area contributed by atoms with Crippen LogP contribution < -0.4 is 20.3 Å². The van der Waals surface area contributed by atoms with Gasteiger partial charge in [-0.2, -0.15) is 4.68 Å². The second kappa shape index (κ2) is 8.61. The van der Waals surface area contributed by atoms with E-state index in [9.17, 15) is 4.79 Å². The molecule has 0 radical (unpaired) electrons. The number of ether oxygens (including phenoxy) is 1. The number of hydrogen-bond acceptors (Lipinski definition) is 6. The Balaban J connectivity index is 2.01. The van der Waals surface area contributed by atoms with Crippen molar-refractivity contribution in [3.05, 3.63) is 28.2 Å². The zero-order chi connectivity index (χ0) is 19.3. The van der Waals surface area contributed by atoms with E-state index in [1.807, 2.05) is 52.1 Å². The molecule has 1 aromatic carbocycles. The Kier molecular flexibility index (Phi) is 6.74. The van der Waals surface area contributed by atoms with E-state index in [1.54, 1.807) is 11.8 Å². The minimum atomic E-state index is -0.236. The van der Waals surface area contributed by atoms with Crippen molar-refractivity contribution in [3.8, 4) is 5.75 Å². The van der Waals surface area contributed by atoms with Crippen molar-refractivity contribution in [2.45, 2.75) is 33.0 Å². The van der Waals surface area contributed by atoms with Gasteiger partial charge in [-0.1, -0.05) is 23.5 Å². The summed E-state index contributed by atoms with van der Waals surface area (Å²) < 4.78 is 7.72. The third-order valence-electron chi connectivity index (χ3n) is 3.35. The van der Waals surface area contributed by atoms with E-state index in [-0.39, 0.29) is 11.4 Å². The average molecular weight is 397 g/mol. The van der Waals surface area contributed by atoms with Crippen LogP contribution in [0.3, 0.4) is 0 Å². The third-order valence-corrected chi connectivity index (χ3v) is 4.57. The van der Waals surface area contributed by atoms with Crippen LogP contribution in [-0.2, 0) is 11.5 Å². The van der Waals surface area contributed by atoms with Gasteiger partial charge in [-0.05, 0) is 45.1 Å². The van der Waals surface area contributed by atoms with Gasteiger partial charge in [0.2, 0.25) is 5.13 Å². The zero-order valence-electron chi connectivity index (χ0n) is 15.8. The van der Waals surface area contributed by atoms with Crippen LogP contribution in [0.25, 0.3) is 0 Å². The van der Waals surface area contributed by atoms with E-state index in [2.05, 4.69) is 15.7 Å². The summed E-state index contributed by atoms with van der Waals surface area (Å²) in [6.45, 7) is 6.76.